The second kappa shape index (κ2) is 7.03. The molecule has 6 nitrogen and oxygen atoms in total. The minimum atomic E-state index is -0.332. The van der Waals surface area contributed by atoms with Gasteiger partial charge < -0.3 is 10.1 Å². The zero-order chi connectivity index (χ0) is 17.1. The Kier molecular flexibility index (Phi) is 4.83. The maximum atomic E-state index is 12.4. The summed E-state index contributed by atoms with van der Waals surface area (Å²) in [7, 11) is 1.57. The molecule has 6 heteroatoms. The summed E-state index contributed by atoms with van der Waals surface area (Å²) >= 11 is 0. The molecule has 24 heavy (non-hydrogen) atoms. The van der Waals surface area contributed by atoms with E-state index in [1.165, 1.54) is 0 Å². The Labute approximate surface area is 141 Å². The molecule has 2 aliphatic rings. The maximum absolute atomic E-state index is 12.4. The van der Waals surface area contributed by atoms with Gasteiger partial charge in [-0.05, 0) is 18.9 Å². The van der Waals surface area contributed by atoms with Crippen LogP contribution in [0.4, 0.5) is 0 Å². The lowest BCUT2D eigenvalue weighted by Crippen LogP contribution is -2.40. The molecule has 1 aliphatic carbocycles. The average Bonchev–Trinajstić information content (AvgIpc) is 2.85. The summed E-state index contributed by atoms with van der Waals surface area (Å²) in [4.78, 5) is 38.0. The molecular weight excluding hydrogens is 308 g/mol. The number of nitrogens with zero attached hydrogens (tertiary/aromatic N) is 1. The van der Waals surface area contributed by atoms with Gasteiger partial charge in [0.15, 0.2) is 0 Å². The molecule has 2 fully saturated rings. The lowest BCUT2D eigenvalue weighted by atomic mass is 9.81. The first-order valence-corrected chi connectivity index (χ1v) is 8.35. The van der Waals surface area contributed by atoms with Crippen molar-refractivity contribution < 1.29 is 19.1 Å². The van der Waals surface area contributed by atoms with E-state index in [1.54, 1.807) is 7.11 Å². The zero-order valence-corrected chi connectivity index (χ0v) is 13.8. The minimum absolute atomic E-state index is 0.183. The number of nitrogens with one attached hydrogen (secondary N) is 1. The fourth-order valence-electron chi connectivity index (χ4n) is 3.63. The van der Waals surface area contributed by atoms with E-state index >= 15 is 0 Å². The first kappa shape index (κ1) is 16.5. The van der Waals surface area contributed by atoms with Gasteiger partial charge in [0.1, 0.15) is 12.3 Å². The molecule has 1 aromatic carbocycles. The summed E-state index contributed by atoms with van der Waals surface area (Å²) < 4.78 is 5.24. The van der Waals surface area contributed by atoms with E-state index < -0.39 is 0 Å². The number of rotatable bonds is 5. The maximum Gasteiger partial charge on any atom is 0.240 e. The molecule has 1 saturated heterocycles. The highest BCUT2D eigenvalue weighted by atomic mass is 16.5. The van der Waals surface area contributed by atoms with Crippen molar-refractivity contribution in [1.82, 2.24) is 10.2 Å². The molecule has 1 N–H and O–H groups in total. The van der Waals surface area contributed by atoms with Gasteiger partial charge in [-0.15, -0.1) is 0 Å². The summed E-state index contributed by atoms with van der Waals surface area (Å²) in [6, 6.07) is 7.40. The molecule has 1 heterocycles. The fourth-order valence-corrected chi connectivity index (χ4v) is 3.63. The number of carbonyl (C=O) groups excluding carboxylic acids is 3. The number of hydrogen-bond acceptors (Lipinski definition) is 4. The predicted octanol–water partition coefficient (Wildman–Crippen LogP) is 1.49. The molecule has 0 spiro atoms. The Morgan fingerprint density at radius 1 is 1.17 bits per heavy atom. The highest BCUT2D eigenvalue weighted by molar-refractivity contribution is 6.07. The van der Waals surface area contributed by atoms with Crippen molar-refractivity contribution in [2.24, 2.45) is 11.8 Å². The van der Waals surface area contributed by atoms with E-state index in [1.807, 2.05) is 24.3 Å². The number of amides is 3. The monoisotopic (exact) mass is 330 g/mol. The number of hydrogen-bond donors (Lipinski definition) is 1. The quantitative estimate of drug-likeness (QED) is 0.830. The van der Waals surface area contributed by atoms with Gasteiger partial charge in [-0.3, -0.25) is 19.3 Å². The summed E-state index contributed by atoms with van der Waals surface area (Å²) in [5, 5.41) is 2.76. The topological polar surface area (TPSA) is 75.7 Å². The Balaban J connectivity index is 1.59. The molecule has 0 bridgehead atoms. The highest BCUT2D eigenvalue weighted by Gasteiger charge is 2.48. The average molecular weight is 330 g/mol. The lowest BCUT2D eigenvalue weighted by molar-refractivity contribution is -0.143. The van der Waals surface area contributed by atoms with Crippen LogP contribution in [0.1, 0.15) is 31.2 Å². The summed E-state index contributed by atoms with van der Waals surface area (Å²) in [6.07, 6.45) is 3.48. The van der Waals surface area contributed by atoms with E-state index in [-0.39, 0.29) is 36.1 Å². The third-order valence-electron chi connectivity index (χ3n) is 4.90. The first-order chi connectivity index (χ1) is 11.6. The number of methoxy groups -OCH3 is 1. The molecule has 0 aromatic heterocycles. The van der Waals surface area contributed by atoms with Crippen LogP contribution in [0.15, 0.2) is 24.3 Å². The molecule has 1 aliphatic heterocycles. The van der Waals surface area contributed by atoms with Gasteiger partial charge in [0.25, 0.3) is 0 Å². The number of carbonyl (C=O) groups is 3. The molecular formula is C18H22N2O4. The molecule has 3 amide bonds. The molecule has 128 valence electrons. The third kappa shape index (κ3) is 3.13. The van der Waals surface area contributed by atoms with Gasteiger partial charge >= 0.3 is 0 Å². The summed E-state index contributed by atoms with van der Waals surface area (Å²) in [5.41, 5.74) is 0.848. The van der Waals surface area contributed by atoms with E-state index in [2.05, 4.69) is 5.32 Å². The second-order valence-corrected chi connectivity index (χ2v) is 6.35. The summed E-state index contributed by atoms with van der Waals surface area (Å²) in [5.74, 6) is -0.436. The van der Waals surface area contributed by atoms with Gasteiger partial charge in [0.05, 0.1) is 18.9 Å². The van der Waals surface area contributed by atoms with E-state index in [4.69, 9.17) is 4.74 Å². The van der Waals surface area contributed by atoms with Gasteiger partial charge in [0, 0.05) is 12.1 Å². The number of para-hydroxylation sites is 1. The smallest absolute Gasteiger partial charge is 0.240 e. The predicted molar refractivity (Wildman–Crippen MR) is 87.0 cm³/mol. The van der Waals surface area contributed by atoms with E-state index in [0.29, 0.717) is 12.3 Å². The van der Waals surface area contributed by atoms with Crippen LogP contribution in [0.3, 0.4) is 0 Å². The molecule has 3 rings (SSSR count). The second-order valence-electron chi connectivity index (χ2n) is 6.35. The number of ether oxygens (including phenoxy) is 1. The SMILES string of the molecule is COc1ccccc1CNC(=O)CN1C(=O)[C@H]2CCCC[C@@H]2C1=O. The van der Waals surface area contributed by atoms with Crippen LogP contribution >= 0.6 is 0 Å². The van der Waals surface area contributed by atoms with Crippen LogP contribution in [0, 0.1) is 11.8 Å². The van der Waals surface area contributed by atoms with E-state index in [9.17, 15) is 14.4 Å². The van der Waals surface area contributed by atoms with Crippen molar-refractivity contribution in [3.8, 4) is 5.75 Å². The van der Waals surface area contributed by atoms with Crippen LogP contribution in [-0.4, -0.2) is 36.3 Å². The van der Waals surface area contributed by atoms with Crippen LogP contribution in [0.25, 0.3) is 0 Å². The van der Waals surface area contributed by atoms with Crippen molar-refractivity contribution in [3.05, 3.63) is 29.8 Å². The Bertz CT molecular complexity index is 634. The minimum Gasteiger partial charge on any atom is -0.496 e. The van der Waals surface area contributed by atoms with Gasteiger partial charge in [0.2, 0.25) is 17.7 Å². The van der Waals surface area contributed by atoms with Crippen LogP contribution in [-0.2, 0) is 20.9 Å². The number of likely N-dealkylation sites (tertiary alicyclic amines) is 1. The number of fused-ring (bicyclic) bond motifs is 1. The van der Waals surface area contributed by atoms with Gasteiger partial charge in [-0.2, -0.15) is 0 Å². The van der Waals surface area contributed by atoms with Gasteiger partial charge in [-0.25, -0.2) is 0 Å². The van der Waals surface area contributed by atoms with Crippen LogP contribution < -0.4 is 10.1 Å². The Hall–Kier alpha value is -2.37. The lowest BCUT2D eigenvalue weighted by Gasteiger charge is -2.19. The Morgan fingerprint density at radius 2 is 1.79 bits per heavy atom. The molecule has 0 radical (unpaired) electrons. The van der Waals surface area contributed by atoms with Crippen molar-refractivity contribution >= 4 is 17.7 Å². The molecule has 2 atom stereocenters. The van der Waals surface area contributed by atoms with Crippen LogP contribution in [0.2, 0.25) is 0 Å². The van der Waals surface area contributed by atoms with E-state index in [0.717, 1.165) is 36.1 Å². The zero-order valence-electron chi connectivity index (χ0n) is 13.8. The highest BCUT2D eigenvalue weighted by Crippen LogP contribution is 2.37. The van der Waals surface area contributed by atoms with Crippen molar-refractivity contribution in [1.29, 1.82) is 0 Å². The number of imide groups is 1. The first-order valence-electron chi connectivity index (χ1n) is 8.35. The molecule has 1 aromatic rings. The van der Waals surface area contributed by atoms with Crippen LogP contribution in [0.5, 0.6) is 5.75 Å². The largest absolute Gasteiger partial charge is 0.496 e. The summed E-state index contributed by atoms with van der Waals surface area (Å²) in [6.45, 7) is 0.103. The molecule has 0 unspecified atom stereocenters. The fraction of sp³-hybridized carbons (Fsp3) is 0.500. The van der Waals surface area contributed by atoms with Gasteiger partial charge in [-0.1, -0.05) is 31.0 Å². The van der Waals surface area contributed by atoms with Crippen molar-refractivity contribution in [3.63, 3.8) is 0 Å². The molecule has 1 saturated carbocycles. The van der Waals surface area contributed by atoms with Crippen molar-refractivity contribution in [2.45, 2.75) is 32.2 Å². The third-order valence-corrected chi connectivity index (χ3v) is 4.90. The normalized spacial score (nSPS) is 23.1. The number of benzene rings is 1. The standard InChI is InChI=1S/C18H22N2O4/c1-24-15-9-5-2-6-12(15)10-19-16(21)11-20-17(22)13-7-3-4-8-14(13)18(20)23/h2,5-6,9,13-14H,3-4,7-8,10-11H2,1H3,(H,19,21)/t13-,14-/m0/s1. The Morgan fingerprint density at radius 3 is 2.42 bits per heavy atom. The van der Waals surface area contributed by atoms with Crippen molar-refractivity contribution in [2.75, 3.05) is 13.7 Å².